The summed E-state index contributed by atoms with van der Waals surface area (Å²) in [6.07, 6.45) is 6.42. The normalized spacial score (nSPS) is 15.6. The van der Waals surface area contributed by atoms with E-state index in [2.05, 4.69) is 15.6 Å². The molecular weight excluding hydrogens is 248 g/mol. The maximum Gasteiger partial charge on any atom is 0.303 e. The van der Waals surface area contributed by atoms with Gasteiger partial charge >= 0.3 is 5.97 Å². The molecule has 1 saturated carbocycles. The predicted octanol–water partition coefficient (Wildman–Crippen LogP) is 0.354. The third-order valence-corrected chi connectivity index (χ3v) is 3.21. The second kappa shape index (κ2) is 6.31. The number of hydrogen-bond acceptors (Lipinski definition) is 4. The van der Waals surface area contributed by atoms with Crippen molar-refractivity contribution in [1.29, 1.82) is 0 Å². The predicted molar refractivity (Wildman–Crippen MR) is 66.4 cm³/mol. The first kappa shape index (κ1) is 13.5. The van der Waals surface area contributed by atoms with Gasteiger partial charge < -0.3 is 10.4 Å². The SMILES string of the molecule is O=C(O)CCc1cn(CC(=O)NC2CCCC2)nn1. The lowest BCUT2D eigenvalue weighted by molar-refractivity contribution is -0.137. The van der Waals surface area contributed by atoms with Gasteiger partial charge in [-0.2, -0.15) is 0 Å². The summed E-state index contributed by atoms with van der Waals surface area (Å²) in [4.78, 5) is 22.2. The van der Waals surface area contributed by atoms with Crippen LogP contribution >= 0.6 is 0 Å². The lowest BCUT2D eigenvalue weighted by atomic mass is 10.2. The maximum absolute atomic E-state index is 11.7. The molecule has 104 valence electrons. The van der Waals surface area contributed by atoms with Crippen LogP contribution in [0.4, 0.5) is 0 Å². The molecular formula is C12H18N4O3. The van der Waals surface area contributed by atoms with Gasteiger partial charge in [-0.3, -0.25) is 9.59 Å². The van der Waals surface area contributed by atoms with Crippen LogP contribution in [0.1, 0.15) is 37.8 Å². The lowest BCUT2D eigenvalue weighted by Crippen LogP contribution is -2.35. The molecule has 1 fully saturated rings. The second-order valence-electron chi connectivity index (χ2n) is 4.85. The average Bonchev–Trinajstić information content (AvgIpc) is 2.98. The third kappa shape index (κ3) is 4.35. The summed E-state index contributed by atoms with van der Waals surface area (Å²) in [6, 6.07) is 0.294. The number of amides is 1. The van der Waals surface area contributed by atoms with E-state index in [1.165, 1.54) is 17.5 Å². The first-order valence-corrected chi connectivity index (χ1v) is 6.53. The molecule has 0 unspecified atom stereocenters. The average molecular weight is 266 g/mol. The fourth-order valence-electron chi connectivity index (χ4n) is 2.26. The number of carbonyl (C=O) groups excluding carboxylic acids is 1. The molecule has 1 aromatic rings. The minimum atomic E-state index is -0.867. The Hall–Kier alpha value is -1.92. The highest BCUT2D eigenvalue weighted by Gasteiger charge is 2.17. The molecule has 0 aromatic carbocycles. The molecule has 0 saturated heterocycles. The van der Waals surface area contributed by atoms with Crippen LogP contribution in [0.15, 0.2) is 6.20 Å². The fourth-order valence-corrected chi connectivity index (χ4v) is 2.26. The number of nitrogens with zero attached hydrogens (tertiary/aromatic N) is 3. The van der Waals surface area contributed by atoms with Crippen molar-refractivity contribution in [1.82, 2.24) is 20.3 Å². The zero-order chi connectivity index (χ0) is 13.7. The molecule has 0 bridgehead atoms. The molecule has 0 spiro atoms. The van der Waals surface area contributed by atoms with Crippen molar-refractivity contribution in [3.05, 3.63) is 11.9 Å². The number of hydrogen-bond donors (Lipinski definition) is 2. The van der Waals surface area contributed by atoms with Gasteiger partial charge in [0, 0.05) is 18.7 Å². The number of aliphatic carboxylic acids is 1. The van der Waals surface area contributed by atoms with Crippen molar-refractivity contribution in [2.45, 2.75) is 51.1 Å². The Kier molecular flexibility index (Phi) is 4.48. The zero-order valence-corrected chi connectivity index (χ0v) is 10.7. The number of aryl methyl sites for hydroxylation is 1. The molecule has 2 N–H and O–H groups in total. The van der Waals surface area contributed by atoms with E-state index in [9.17, 15) is 9.59 Å². The highest BCUT2D eigenvalue weighted by atomic mass is 16.4. The van der Waals surface area contributed by atoms with Gasteiger partial charge in [-0.25, -0.2) is 4.68 Å². The van der Waals surface area contributed by atoms with Gasteiger partial charge in [0.15, 0.2) is 0 Å². The Balaban J connectivity index is 1.78. The zero-order valence-electron chi connectivity index (χ0n) is 10.7. The van der Waals surface area contributed by atoms with Crippen molar-refractivity contribution in [2.75, 3.05) is 0 Å². The monoisotopic (exact) mass is 266 g/mol. The summed E-state index contributed by atoms with van der Waals surface area (Å²) in [7, 11) is 0. The van der Waals surface area contributed by atoms with Crippen LogP contribution in [-0.2, 0) is 22.6 Å². The van der Waals surface area contributed by atoms with Crippen LogP contribution < -0.4 is 5.32 Å². The molecule has 0 atom stereocenters. The Labute approximate surface area is 111 Å². The van der Waals surface area contributed by atoms with Gasteiger partial charge in [-0.15, -0.1) is 5.10 Å². The fraction of sp³-hybridized carbons (Fsp3) is 0.667. The van der Waals surface area contributed by atoms with Crippen molar-refractivity contribution in [3.63, 3.8) is 0 Å². The molecule has 7 nitrogen and oxygen atoms in total. The van der Waals surface area contributed by atoms with E-state index < -0.39 is 5.97 Å². The van der Waals surface area contributed by atoms with Crippen LogP contribution in [-0.4, -0.2) is 38.0 Å². The molecule has 1 aliphatic rings. The Morgan fingerprint density at radius 1 is 1.42 bits per heavy atom. The van der Waals surface area contributed by atoms with Gasteiger partial charge in [0.05, 0.1) is 12.1 Å². The summed E-state index contributed by atoms with van der Waals surface area (Å²) in [6.45, 7) is 0.135. The number of rotatable bonds is 6. The summed E-state index contributed by atoms with van der Waals surface area (Å²) in [5.41, 5.74) is 0.594. The first-order valence-electron chi connectivity index (χ1n) is 6.53. The highest BCUT2D eigenvalue weighted by Crippen LogP contribution is 2.17. The smallest absolute Gasteiger partial charge is 0.303 e. The number of aromatic nitrogens is 3. The van der Waals surface area contributed by atoms with E-state index in [0.29, 0.717) is 18.2 Å². The first-order chi connectivity index (χ1) is 9.13. The standard InChI is InChI=1S/C12H18N4O3/c17-11(13-9-3-1-2-4-9)8-16-7-10(14-15-16)5-6-12(18)19/h7,9H,1-6,8H2,(H,13,17)(H,18,19). The van der Waals surface area contributed by atoms with Gasteiger partial charge in [0.25, 0.3) is 0 Å². The van der Waals surface area contributed by atoms with E-state index >= 15 is 0 Å². The quantitative estimate of drug-likeness (QED) is 0.774. The number of carboxylic acids is 1. The molecule has 0 aliphatic heterocycles. The van der Waals surface area contributed by atoms with Crippen LogP contribution in [0.3, 0.4) is 0 Å². The van der Waals surface area contributed by atoms with Crippen LogP contribution in [0.25, 0.3) is 0 Å². The van der Waals surface area contributed by atoms with Crippen molar-refractivity contribution in [3.8, 4) is 0 Å². The minimum absolute atomic E-state index is 0.0208. The summed E-state index contributed by atoms with van der Waals surface area (Å²) in [5.74, 6) is -0.935. The van der Waals surface area contributed by atoms with Crippen LogP contribution in [0.2, 0.25) is 0 Å². The summed E-state index contributed by atoms with van der Waals surface area (Å²) in [5, 5.41) is 19.2. The van der Waals surface area contributed by atoms with Gasteiger partial charge in [0.2, 0.25) is 5.91 Å². The lowest BCUT2D eigenvalue weighted by Gasteiger charge is -2.11. The molecule has 1 aliphatic carbocycles. The van der Waals surface area contributed by atoms with E-state index in [-0.39, 0.29) is 18.9 Å². The number of carboxylic acid groups (broad SMARTS) is 1. The van der Waals surface area contributed by atoms with Crippen LogP contribution in [0, 0.1) is 0 Å². The van der Waals surface area contributed by atoms with Gasteiger partial charge in [-0.1, -0.05) is 18.1 Å². The largest absolute Gasteiger partial charge is 0.481 e. The van der Waals surface area contributed by atoms with Gasteiger partial charge in [-0.05, 0) is 12.8 Å². The Morgan fingerprint density at radius 3 is 2.84 bits per heavy atom. The van der Waals surface area contributed by atoms with Crippen molar-refractivity contribution in [2.24, 2.45) is 0 Å². The van der Waals surface area contributed by atoms with Gasteiger partial charge in [0.1, 0.15) is 6.54 Å². The number of carbonyl (C=O) groups is 2. The van der Waals surface area contributed by atoms with E-state index in [1.807, 2.05) is 0 Å². The van der Waals surface area contributed by atoms with E-state index in [0.717, 1.165) is 12.8 Å². The Bertz CT molecular complexity index is 452. The van der Waals surface area contributed by atoms with Crippen molar-refractivity contribution >= 4 is 11.9 Å². The molecule has 1 amide bonds. The molecule has 0 radical (unpaired) electrons. The maximum atomic E-state index is 11.7. The number of nitrogens with one attached hydrogen (secondary N) is 1. The van der Waals surface area contributed by atoms with Crippen LogP contribution in [0.5, 0.6) is 0 Å². The molecule has 1 aromatic heterocycles. The molecule has 1 heterocycles. The van der Waals surface area contributed by atoms with Crippen molar-refractivity contribution < 1.29 is 14.7 Å². The minimum Gasteiger partial charge on any atom is -0.481 e. The van der Waals surface area contributed by atoms with E-state index in [4.69, 9.17) is 5.11 Å². The summed E-state index contributed by atoms with van der Waals surface area (Å²) < 4.78 is 1.45. The molecule has 19 heavy (non-hydrogen) atoms. The topological polar surface area (TPSA) is 97.1 Å². The summed E-state index contributed by atoms with van der Waals surface area (Å²) >= 11 is 0. The Morgan fingerprint density at radius 2 is 2.16 bits per heavy atom. The third-order valence-electron chi connectivity index (χ3n) is 3.21. The molecule has 2 rings (SSSR count). The second-order valence-corrected chi connectivity index (χ2v) is 4.85. The highest BCUT2D eigenvalue weighted by molar-refractivity contribution is 5.75. The molecule has 7 heteroatoms. The van der Waals surface area contributed by atoms with E-state index in [1.54, 1.807) is 6.20 Å².